The van der Waals surface area contributed by atoms with Crippen molar-refractivity contribution in [2.75, 3.05) is 31.6 Å². The van der Waals surface area contributed by atoms with Gasteiger partial charge in [0.05, 0.1) is 12.6 Å². The average Bonchev–Trinajstić information content (AvgIpc) is 2.30. The number of hydrogen-bond acceptors (Lipinski definition) is 3. The van der Waals surface area contributed by atoms with E-state index in [4.69, 9.17) is 0 Å². The van der Waals surface area contributed by atoms with E-state index in [9.17, 15) is 5.11 Å². The normalized spacial score (nSPS) is 23.7. The highest BCUT2D eigenvalue weighted by molar-refractivity contribution is 5.61. The summed E-state index contributed by atoms with van der Waals surface area (Å²) in [6.45, 7) is 11.0. The summed E-state index contributed by atoms with van der Waals surface area (Å²) in [6.07, 6.45) is 0. The van der Waals surface area contributed by atoms with Crippen LogP contribution in [-0.4, -0.2) is 48.3 Å². The molecule has 0 spiro atoms. The molecule has 0 bridgehead atoms. The summed E-state index contributed by atoms with van der Waals surface area (Å²) in [7, 11) is 2.10. The number of nitrogens with zero attached hydrogens (tertiary/aromatic N) is 2. The Morgan fingerprint density at radius 2 is 1.84 bits per heavy atom. The molecule has 106 valence electrons. The molecule has 1 heterocycles. The first-order valence-electron chi connectivity index (χ1n) is 7.02. The number of aryl methyl sites for hydroxylation is 2. The van der Waals surface area contributed by atoms with E-state index >= 15 is 0 Å². The summed E-state index contributed by atoms with van der Waals surface area (Å²) in [5, 5.41) is 9.57. The van der Waals surface area contributed by atoms with Crippen molar-refractivity contribution in [1.82, 2.24) is 4.90 Å². The molecule has 1 saturated heterocycles. The molecule has 1 N–H and O–H groups in total. The van der Waals surface area contributed by atoms with Crippen LogP contribution in [0, 0.1) is 13.8 Å². The highest BCUT2D eigenvalue weighted by Gasteiger charge is 2.38. The monoisotopic (exact) mass is 262 g/mol. The maximum Gasteiger partial charge on any atom is 0.0604 e. The Morgan fingerprint density at radius 1 is 1.26 bits per heavy atom. The fourth-order valence-corrected chi connectivity index (χ4v) is 3.24. The zero-order chi connectivity index (χ0) is 14.2. The Bertz CT molecular complexity index is 436. The van der Waals surface area contributed by atoms with Gasteiger partial charge in [-0.25, -0.2) is 0 Å². The minimum absolute atomic E-state index is 0.0806. The third-order valence-electron chi connectivity index (χ3n) is 4.30. The van der Waals surface area contributed by atoms with Gasteiger partial charge in [-0.1, -0.05) is 18.2 Å². The molecular weight excluding hydrogens is 236 g/mol. The molecule has 3 nitrogen and oxygen atoms in total. The van der Waals surface area contributed by atoms with Gasteiger partial charge in [0.1, 0.15) is 0 Å². The van der Waals surface area contributed by atoms with Crippen molar-refractivity contribution in [2.45, 2.75) is 39.3 Å². The number of aliphatic hydroxyl groups is 1. The van der Waals surface area contributed by atoms with E-state index in [2.05, 4.69) is 62.7 Å². The third-order valence-corrected chi connectivity index (χ3v) is 4.30. The first-order valence-corrected chi connectivity index (χ1v) is 7.02. The standard InChI is InChI=1S/C16H26N2O/c1-12-7-6-8-13(2)15(12)18-9-14(10-19)17(5)11-16(18,3)4/h6-8,14,19H,9-11H2,1-5H3. The van der Waals surface area contributed by atoms with Crippen molar-refractivity contribution in [3.63, 3.8) is 0 Å². The smallest absolute Gasteiger partial charge is 0.0604 e. The van der Waals surface area contributed by atoms with Crippen LogP contribution in [0.4, 0.5) is 5.69 Å². The molecule has 1 aliphatic rings. The molecular formula is C16H26N2O. The summed E-state index contributed by atoms with van der Waals surface area (Å²) in [6, 6.07) is 6.67. The van der Waals surface area contributed by atoms with E-state index in [1.807, 2.05) is 0 Å². The maximum absolute atomic E-state index is 9.57. The molecule has 0 aromatic heterocycles. The Hall–Kier alpha value is -1.06. The van der Waals surface area contributed by atoms with Gasteiger partial charge in [-0.15, -0.1) is 0 Å². The second-order valence-electron chi connectivity index (χ2n) is 6.41. The van der Waals surface area contributed by atoms with Crippen LogP contribution in [0.1, 0.15) is 25.0 Å². The van der Waals surface area contributed by atoms with Gasteiger partial charge in [0.15, 0.2) is 0 Å². The van der Waals surface area contributed by atoms with Crippen molar-refractivity contribution in [1.29, 1.82) is 0 Å². The number of aliphatic hydroxyl groups excluding tert-OH is 1. The Morgan fingerprint density at radius 3 is 2.37 bits per heavy atom. The molecule has 1 aromatic carbocycles. The van der Waals surface area contributed by atoms with Crippen LogP contribution in [0.5, 0.6) is 0 Å². The number of hydrogen-bond donors (Lipinski definition) is 1. The molecule has 1 unspecified atom stereocenters. The lowest BCUT2D eigenvalue weighted by molar-refractivity contribution is 0.0979. The lowest BCUT2D eigenvalue weighted by Gasteiger charge is -2.51. The van der Waals surface area contributed by atoms with Crippen LogP contribution in [0.25, 0.3) is 0 Å². The summed E-state index contributed by atoms with van der Waals surface area (Å²) < 4.78 is 0. The van der Waals surface area contributed by atoms with Crippen LogP contribution in [0.3, 0.4) is 0 Å². The van der Waals surface area contributed by atoms with E-state index < -0.39 is 0 Å². The zero-order valence-electron chi connectivity index (χ0n) is 12.8. The molecule has 1 atom stereocenters. The number of rotatable bonds is 2. The quantitative estimate of drug-likeness (QED) is 0.885. The SMILES string of the molecule is Cc1cccc(C)c1N1CC(CO)N(C)CC1(C)C. The first kappa shape index (κ1) is 14.4. The van der Waals surface area contributed by atoms with Crippen LogP contribution >= 0.6 is 0 Å². The van der Waals surface area contributed by atoms with Crippen LogP contribution in [0.2, 0.25) is 0 Å². The molecule has 1 aromatic rings. The number of benzene rings is 1. The molecule has 19 heavy (non-hydrogen) atoms. The maximum atomic E-state index is 9.57. The second kappa shape index (κ2) is 5.14. The van der Waals surface area contributed by atoms with Gasteiger partial charge in [0.25, 0.3) is 0 Å². The Balaban J connectivity index is 2.41. The predicted octanol–water partition coefficient (Wildman–Crippen LogP) is 2.19. The van der Waals surface area contributed by atoms with Gasteiger partial charge in [-0.2, -0.15) is 0 Å². The second-order valence-corrected chi connectivity index (χ2v) is 6.41. The van der Waals surface area contributed by atoms with Gasteiger partial charge in [-0.3, -0.25) is 4.90 Å². The van der Waals surface area contributed by atoms with E-state index in [0.29, 0.717) is 0 Å². The summed E-state index contributed by atoms with van der Waals surface area (Å²) in [5.74, 6) is 0. The Kier molecular flexibility index (Phi) is 3.88. The van der Waals surface area contributed by atoms with Crippen LogP contribution < -0.4 is 4.90 Å². The lowest BCUT2D eigenvalue weighted by Crippen LogP contribution is -2.63. The Labute approximate surface area is 116 Å². The summed E-state index contributed by atoms with van der Waals surface area (Å²) in [5.41, 5.74) is 4.04. The fourth-order valence-electron chi connectivity index (χ4n) is 3.24. The van der Waals surface area contributed by atoms with E-state index in [-0.39, 0.29) is 18.2 Å². The van der Waals surface area contributed by atoms with Crippen LogP contribution in [0.15, 0.2) is 18.2 Å². The number of piperazine rings is 1. The number of likely N-dealkylation sites (N-methyl/N-ethyl adjacent to an activating group) is 1. The number of para-hydroxylation sites is 1. The van der Waals surface area contributed by atoms with Gasteiger partial charge < -0.3 is 10.0 Å². The lowest BCUT2D eigenvalue weighted by atomic mass is 9.93. The highest BCUT2D eigenvalue weighted by Crippen LogP contribution is 2.34. The van der Waals surface area contributed by atoms with E-state index in [1.54, 1.807) is 0 Å². The van der Waals surface area contributed by atoms with Gasteiger partial charge in [0.2, 0.25) is 0 Å². The largest absolute Gasteiger partial charge is 0.395 e. The first-order chi connectivity index (χ1) is 8.86. The fraction of sp³-hybridized carbons (Fsp3) is 0.625. The molecule has 0 aliphatic carbocycles. The van der Waals surface area contributed by atoms with Gasteiger partial charge in [-0.05, 0) is 45.9 Å². The minimum atomic E-state index is 0.0806. The summed E-state index contributed by atoms with van der Waals surface area (Å²) in [4.78, 5) is 4.74. The zero-order valence-corrected chi connectivity index (χ0v) is 12.8. The van der Waals surface area contributed by atoms with Crippen molar-refractivity contribution in [2.24, 2.45) is 0 Å². The number of anilines is 1. The molecule has 3 heteroatoms. The predicted molar refractivity (Wildman–Crippen MR) is 80.8 cm³/mol. The van der Waals surface area contributed by atoms with Gasteiger partial charge in [0, 0.05) is 24.3 Å². The summed E-state index contributed by atoms with van der Waals surface area (Å²) >= 11 is 0. The van der Waals surface area contributed by atoms with Crippen molar-refractivity contribution in [3.8, 4) is 0 Å². The highest BCUT2D eigenvalue weighted by atomic mass is 16.3. The van der Waals surface area contributed by atoms with Crippen LogP contribution in [-0.2, 0) is 0 Å². The topological polar surface area (TPSA) is 26.7 Å². The molecule has 0 amide bonds. The molecule has 1 aliphatic heterocycles. The van der Waals surface area contributed by atoms with E-state index in [1.165, 1.54) is 16.8 Å². The molecule has 0 saturated carbocycles. The third kappa shape index (κ3) is 2.63. The minimum Gasteiger partial charge on any atom is -0.395 e. The van der Waals surface area contributed by atoms with Crippen molar-refractivity contribution < 1.29 is 5.11 Å². The average molecular weight is 262 g/mol. The molecule has 2 rings (SSSR count). The molecule has 0 radical (unpaired) electrons. The van der Waals surface area contributed by atoms with E-state index in [0.717, 1.165) is 13.1 Å². The van der Waals surface area contributed by atoms with Gasteiger partial charge >= 0.3 is 0 Å². The molecule has 1 fully saturated rings. The van der Waals surface area contributed by atoms with Crippen molar-refractivity contribution in [3.05, 3.63) is 29.3 Å². The van der Waals surface area contributed by atoms with Crippen molar-refractivity contribution >= 4 is 5.69 Å².